The number of nitrogens with one attached hydrogen (secondary N) is 3. The number of aromatic nitrogens is 2. The van der Waals surface area contributed by atoms with Crippen molar-refractivity contribution in [2.24, 2.45) is 0 Å². The summed E-state index contributed by atoms with van der Waals surface area (Å²) in [6.07, 6.45) is 5.53. The lowest BCUT2D eigenvalue weighted by Gasteiger charge is -2.38. The molecule has 3 N–H and O–H groups in total. The molecule has 2 atom stereocenters. The summed E-state index contributed by atoms with van der Waals surface area (Å²) >= 11 is 0. The minimum Gasteiger partial charge on any atom is -0.497 e. The number of benzene rings is 1. The van der Waals surface area contributed by atoms with Gasteiger partial charge in [-0.05, 0) is 43.5 Å². The molecule has 1 fully saturated rings. The molecule has 0 unspecified atom stereocenters. The fraction of sp³-hybridized carbons (Fsp3) is 0.391. The van der Waals surface area contributed by atoms with E-state index in [0.717, 1.165) is 48.4 Å². The minimum atomic E-state index is -0.127. The zero-order valence-corrected chi connectivity index (χ0v) is 17.7. The summed E-state index contributed by atoms with van der Waals surface area (Å²) in [6.45, 7) is 4.20. The van der Waals surface area contributed by atoms with Gasteiger partial charge >= 0.3 is 0 Å². The summed E-state index contributed by atoms with van der Waals surface area (Å²) < 4.78 is 5.25. The molecule has 1 amide bonds. The number of carbonyl (C=O) groups excluding carboxylic acids is 1. The molecule has 7 heteroatoms. The van der Waals surface area contributed by atoms with Gasteiger partial charge < -0.3 is 20.4 Å². The van der Waals surface area contributed by atoms with Gasteiger partial charge in [0.05, 0.1) is 18.4 Å². The maximum absolute atomic E-state index is 12.4. The molecule has 0 spiro atoms. The number of anilines is 1. The molecule has 4 rings (SSSR count). The topological polar surface area (TPSA) is 82.3 Å². The van der Waals surface area contributed by atoms with Crippen LogP contribution in [0.2, 0.25) is 0 Å². The first-order valence-corrected chi connectivity index (χ1v) is 10.4. The number of nitrogens with zero attached hydrogens (tertiary/aromatic N) is 2. The zero-order chi connectivity index (χ0) is 21.1. The molecule has 1 aliphatic rings. The van der Waals surface area contributed by atoms with Crippen molar-refractivity contribution in [1.82, 2.24) is 20.2 Å². The Hall–Kier alpha value is -3.06. The molecule has 30 heavy (non-hydrogen) atoms. The quantitative estimate of drug-likeness (QED) is 0.583. The van der Waals surface area contributed by atoms with Crippen LogP contribution >= 0.6 is 0 Å². The number of methoxy groups -OCH3 is 1. The van der Waals surface area contributed by atoms with Crippen LogP contribution in [-0.2, 0) is 6.54 Å². The van der Waals surface area contributed by atoms with Gasteiger partial charge in [0, 0.05) is 50.0 Å². The second kappa shape index (κ2) is 8.75. The highest BCUT2D eigenvalue weighted by molar-refractivity contribution is 6.06. The number of ether oxygens (including phenoxy) is 1. The zero-order valence-electron chi connectivity index (χ0n) is 17.7. The van der Waals surface area contributed by atoms with Crippen LogP contribution in [0, 0.1) is 0 Å². The normalized spacial score (nSPS) is 19.6. The molecule has 0 radical (unpaired) electrons. The number of carbonyl (C=O) groups is 1. The summed E-state index contributed by atoms with van der Waals surface area (Å²) in [5.74, 6) is 0.758. The number of aromatic amines is 1. The monoisotopic (exact) mass is 407 g/mol. The van der Waals surface area contributed by atoms with Gasteiger partial charge in [-0.15, -0.1) is 0 Å². The van der Waals surface area contributed by atoms with Gasteiger partial charge in [0.2, 0.25) is 0 Å². The molecular weight excluding hydrogens is 378 g/mol. The number of piperidine rings is 1. The van der Waals surface area contributed by atoms with E-state index in [0.29, 0.717) is 17.6 Å². The summed E-state index contributed by atoms with van der Waals surface area (Å²) in [5, 5.41) is 7.33. The van der Waals surface area contributed by atoms with Gasteiger partial charge in [-0.3, -0.25) is 9.69 Å². The van der Waals surface area contributed by atoms with Crippen molar-refractivity contribution < 1.29 is 9.53 Å². The van der Waals surface area contributed by atoms with Crippen molar-refractivity contribution in [2.45, 2.75) is 38.4 Å². The van der Waals surface area contributed by atoms with Gasteiger partial charge in [-0.25, -0.2) is 4.98 Å². The van der Waals surface area contributed by atoms with Crippen molar-refractivity contribution in [3.8, 4) is 5.75 Å². The van der Waals surface area contributed by atoms with Gasteiger partial charge in [0.15, 0.2) is 0 Å². The predicted octanol–water partition coefficient (Wildman–Crippen LogP) is 3.40. The number of hydrogen-bond donors (Lipinski definition) is 3. The predicted molar refractivity (Wildman–Crippen MR) is 119 cm³/mol. The van der Waals surface area contributed by atoms with Gasteiger partial charge in [-0.2, -0.15) is 0 Å². The third-order valence-electron chi connectivity index (χ3n) is 5.97. The lowest BCUT2D eigenvalue weighted by Crippen LogP contribution is -2.44. The van der Waals surface area contributed by atoms with Crippen molar-refractivity contribution in [2.75, 3.05) is 26.0 Å². The largest absolute Gasteiger partial charge is 0.497 e. The fourth-order valence-corrected chi connectivity index (χ4v) is 4.23. The number of pyridine rings is 1. The van der Waals surface area contributed by atoms with Crippen LogP contribution in [0.3, 0.4) is 0 Å². The van der Waals surface area contributed by atoms with Crippen LogP contribution in [0.15, 0.2) is 42.7 Å². The second-order valence-corrected chi connectivity index (χ2v) is 7.90. The van der Waals surface area contributed by atoms with Gasteiger partial charge in [-0.1, -0.05) is 12.1 Å². The average molecular weight is 408 g/mol. The Morgan fingerprint density at radius 3 is 2.80 bits per heavy atom. The summed E-state index contributed by atoms with van der Waals surface area (Å²) in [5.41, 5.74) is 3.52. The number of rotatable bonds is 6. The Bertz CT molecular complexity index is 1010. The van der Waals surface area contributed by atoms with E-state index in [1.807, 2.05) is 24.4 Å². The molecule has 3 aromatic rings. The number of hydrogen-bond acceptors (Lipinski definition) is 5. The SMILES string of the molecule is CNC(=O)c1cnc2[nH]ccc2c1N[C@H]1CCN(Cc2ccc(OC)cc2)[C@@H](C)C1. The van der Waals surface area contributed by atoms with Crippen LogP contribution in [0.25, 0.3) is 11.0 Å². The Kier molecular flexibility index (Phi) is 5.90. The van der Waals surface area contributed by atoms with E-state index in [4.69, 9.17) is 4.74 Å². The highest BCUT2D eigenvalue weighted by Gasteiger charge is 2.27. The van der Waals surface area contributed by atoms with Crippen LogP contribution in [-0.4, -0.2) is 53.6 Å². The third kappa shape index (κ3) is 4.11. The number of amides is 1. The first-order chi connectivity index (χ1) is 14.6. The molecule has 0 bridgehead atoms. The number of fused-ring (bicyclic) bond motifs is 1. The highest BCUT2D eigenvalue weighted by Crippen LogP contribution is 2.29. The Morgan fingerprint density at radius 1 is 1.30 bits per heavy atom. The van der Waals surface area contributed by atoms with Crippen LogP contribution < -0.4 is 15.4 Å². The summed E-state index contributed by atoms with van der Waals surface area (Å²) in [7, 11) is 3.33. The van der Waals surface area contributed by atoms with E-state index in [2.05, 4.69) is 44.6 Å². The van der Waals surface area contributed by atoms with Crippen molar-refractivity contribution in [3.63, 3.8) is 0 Å². The smallest absolute Gasteiger partial charge is 0.254 e. The van der Waals surface area contributed by atoms with Crippen molar-refractivity contribution >= 4 is 22.6 Å². The molecule has 1 aliphatic heterocycles. The van der Waals surface area contributed by atoms with E-state index in [1.165, 1.54) is 5.56 Å². The highest BCUT2D eigenvalue weighted by atomic mass is 16.5. The van der Waals surface area contributed by atoms with Gasteiger partial charge in [0.1, 0.15) is 11.4 Å². The minimum absolute atomic E-state index is 0.127. The molecule has 7 nitrogen and oxygen atoms in total. The molecule has 0 aliphatic carbocycles. The van der Waals surface area contributed by atoms with Crippen LogP contribution in [0.1, 0.15) is 35.7 Å². The molecule has 1 aromatic carbocycles. The van der Waals surface area contributed by atoms with E-state index < -0.39 is 0 Å². The standard InChI is InChI=1S/C23H29N5O2/c1-15-12-17(9-11-28(15)14-16-4-6-18(30-3)7-5-16)27-21-19-8-10-25-22(19)26-13-20(21)23(29)24-2/h4-8,10,13,15,17H,9,11-12,14H2,1-3H3,(H,24,29)(H2,25,26,27)/t15-,17-/m0/s1. The van der Waals surface area contributed by atoms with Crippen LogP contribution in [0.5, 0.6) is 5.75 Å². The van der Waals surface area contributed by atoms with Crippen LogP contribution in [0.4, 0.5) is 5.69 Å². The molecule has 158 valence electrons. The van der Waals surface area contributed by atoms with E-state index in [1.54, 1.807) is 20.4 Å². The second-order valence-electron chi connectivity index (χ2n) is 7.90. The lowest BCUT2D eigenvalue weighted by atomic mass is 9.96. The maximum atomic E-state index is 12.4. The summed E-state index contributed by atoms with van der Waals surface area (Å²) in [6, 6.07) is 11.0. The average Bonchev–Trinajstić information content (AvgIpc) is 3.25. The molecule has 2 aromatic heterocycles. The molecule has 1 saturated heterocycles. The first-order valence-electron chi connectivity index (χ1n) is 10.4. The lowest BCUT2D eigenvalue weighted by molar-refractivity contribution is 0.0963. The van der Waals surface area contributed by atoms with Crippen molar-refractivity contribution in [1.29, 1.82) is 0 Å². The molecule has 0 saturated carbocycles. The van der Waals surface area contributed by atoms with Crippen molar-refractivity contribution in [3.05, 3.63) is 53.9 Å². The maximum Gasteiger partial charge on any atom is 0.254 e. The van der Waals surface area contributed by atoms with E-state index in [9.17, 15) is 4.79 Å². The molecule has 3 heterocycles. The first kappa shape index (κ1) is 20.2. The number of H-pyrrole nitrogens is 1. The van der Waals surface area contributed by atoms with E-state index in [-0.39, 0.29) is 5.91 Å². The van der Waals surface area contributed by atoms with Gasteiger partial charge in [0.25, 0.3) is 5.91 Å². The fourth-order valence-electron chi connectivity index (χ4n) is 4.23. The Morgan fingerprint density at radius 2 is 2.10 bits per heavy atom. The Balaban J connectivity index is 1.46. The number of likely N-dealkylation sites (tertiary alicyclic amines) is 1. The summed E-state index contributed by atoms with van der Waals surface area (Å²) in [4.78, 5) is 22.4. The third-order valence-corrected chi connectivity index (χ3v) is 5.97. The van der Waals surface area contributed by atoms with E-state index >= 15 is 0 Å². The molecular formula is C23H29N5O2. The Labute approximate surface area is 176 Å².